The molecular formula is C16H22ClNO. The number of hydrogen-bond donors (Lipinski definition) is 2. The van der Waals surface area contributed by atoms with Crippen molar-refractivity contribution >= 4 is 17.3 Å². The summed E-state index contributed by atoms with van der Waals surface area (Å²) >= 11 is 6.23. The molecular weight excluding hydrogens is 258 g/mol. The lowest BCUT2D eigenvalue weighted by Gasteiger charge is -2.41. The molecule has 0 radical (unpaired) electrons. The molecule has 0 amide bonds. The average Bonchev–Trinajstić information content (AvgIpc) is 3.26. The molecule has 2 N–H and O–H groups in total. The molecule has 2 aliphatic carbocycles. The lowest BCUT2D eigenvalue weighted by Crippen LogP contribution is -2.46. The zero-order valence-electron chi connectivity index (χ0n) is 11.2. The average molecular weight is 280 g/mol. The zero-order chi connectivity index (χ0) is 13.3. The van der Waals surface area contributed by atoms with E-state index < -0.39 is 0 Å². The van der Waals surface area contributed by atoms with E-state index in [0.29, 0.717) is 0 Å². The molecule has 2 saturated carbocycles. The van der Waals surface area contributed by atoms with Crippen LogP contribution in [0.4, 0.5) is 5.69 Å². The molecule has 3 rings (SSSR count). The third-order valence-corrected chi connectivity index (χ3v) is 5.08. The van der Waals surface area contributed by atoms with Crippen LogP contribution in [0.25, 0.3) is 0 Å². The van der Waals surface area contributed by atoms with Gasteiger partial charge >= 0.3 is 0 Å². The second-order valence-electron chi connectivity index (χ2n) is 6.24. The van der Waals surface area contributed by atoms with E-state index in [4.69, 9.17) is 11.6 Å². The molecule has 104 valence electrons. The fourth-order valence-corrected chi connectivity index (χ4v) is 3.71. The minimum Gasteiger partial charge on any atom is -0.394 e. The number of para-hydroxylation sites is 1. The number of benzene rings is 1. The topological polar surface area (TPSA) is 32.3 Å². The number of nitrogens with one attached hydrogen (secondary N) is 1. The first-order chi connectivity index (χ1) is 9.22. The van der Waals surface area contributed by atoms with Gasteiger partial charge in [-0.2, -0.15) is 0 Å². The molecule has 0 aromatic heterocycles. The number of aliphatic hydroxyl groups excluding tert-OH is 1. The van der Waals surface area contributed by atoms with Crippen molar-refractivity contribution in [2.45, 2.75) is 44.1 Å². The van der Waals surface area contributed by atoms with Crippen molar-refractivity contribution in [1.82, 2.24) is 0 Å². The monoisotopic (exact) mass is 279 g/mol. The van der Waals surface area contributed by atoms with Crippen LogP contribution in [0.5, 0.6) is 0 Å². The molecule has 2 fully saturated rings. The molecule has 0 aliphatic heterocycles. The Morgan fingerprint density at radius 2 is 2.00 bits per heavy atom. The predicted molar refractivity (Wildman–Crippen MR) is 79.6 cm³/mol. The third kappa shape index (κ3) is 2.90. The summed E-state index contributed by atoms with van der Waals surface area (Å²) in [5.41, 5.74) is 0.783. The molecule has 3 heteroatoms. The normalized spacial score (nSPS) is 31.2. The Hall–Kier alpha value is -0.730. The summed E-state index contributed by atoms with van der Waals surface area (Å²) in [6, 6.07) is 7.82. The van der Waals surface area contributed by atoms with Gasteiger partial charge in [-0.05, 0) is 49.7 Å². The Labute approximate surface area is 120 Å². The van der Waals surface area contributed by atoms with Crippen LogP contribution < -0.4 is 5.32 Å². The van der Waals surface area contributed by atoms with Crippen molar-refractivity contribution in [3.8, 4) is 0 Å². The standard InChI is InChI=1S/C16H22ClNO/c17-14-5-1-2-6-15(14)18-16(11-19)9-3-4-13(10-16)12-7-8-12/h1-2,5-6,12-13,18-19H,3-4,7-11H2. The van der Waals surface area contributed by atoms with Gasteiger partial charge in [0.25, 0.3) is 0 Å². The molecule has 2 nitrogen and oxygen atoms in total. The van der Waals surface area contributed by atoms with Gasteiger partial charge in [0.2, 0.25) is 0 Å². The molecule has 1 aromatic rings. The minimum atomic E-state index is -0.170. The van der Waals surface area contributed by atoms with Gasteiger partial charge < -0.3 is 10.4 Å². The minimum absolute atomic E-state index is 0.170. The first kappa shape index (κ1) is 13.3. The van der Waals surface area contributed by atoms with Crippen molar-refractivity contribution in [2.24, 2.45) is 11.8 Å². The Balaban J connectivity index is 1.76. The molecule has 0 spiro atoms. The van der Waals surface area contributed by atoms with Crippen LogP contribution >= 0.6 is 11.6 Å². The molecule has 2 atom stereocenters. The number of halogens is 1. The van der Waals surface area contributed by atoms with E-state index in [2.05, 4.69) is 5.32 Å². The molecule has 0 bridgehead atoms. The number of rotatable bonds is 4. The lowest BCUT2D eigenvalue weighted by molar-refractivity contribution is 0.136. The number of hydrogen-bond acceptors (Lipinski definition) is 2. The van der Waals surface area contributed by atoms with E-state index in [9.17, 15) is 5.11 Å². The van der Waals surface area contributed by atoms with E-state index in [1.165, 1.54) is 25.7 Å². The van der Waals surface area contributed by atoms with Gasteiger partial charge in [-0.3, -0.25) is 0 Å². The van der Waals surface area contributed by atoms with Crippen molar-refractivity contribution in [1.29, 1.82) is 0 Å². The summed E-state index contributed by atoms with van der Waals surface area (Å²) in [4.78, 5) is 0. The SMILES string of the molecule is OCC1(Nc2ccccc2Cl)CCCC(C2CC2)C1. The first-order valence-corrected chi connectivity index (χ1v) is 7.74. The predicted octanol–water partition coefficient (Wildman–Crippen LogP) is 4.08. The van der Waals surface area contributed by atoms with E-state index >= 15 is 0 Å². The maximum absolute atomic E-state index is 9.91. The Kier molecular flexibility index (Phi) is 3.72. The Bertz CT molecular complexity index is 446. The second kappa shape index (κ2) is 5.34. The van der Waals surface area contributed by atoms with Crippen LogP contribution in [0.1, 0.15) is 38.5 Å². The summed E-state index contributed by atoms with van der Waals surface area (Å²) in [6.45, 7) is 0.196. The molecule has 2 unspecified atom stereocenters. The van der Waals surface area contributed by atoms with Crippen LogP contribution in [0.15, 0.2) is 24.3 Å². The molecule has 19 heavy (non-hydrogen) atoms. The highest BCUT2D eigenvalue weighted by atomic mass is 35.5. The van der Waals surface area contributed by atoms with Gasteiger partial charge in [0.1, 0.15) is 0 Å². The highest BCUT2D eigenvalue weighted by Crippen LogP contribution is 2.47. The summed E-state index contributed by atoms with van der Waals surface area (Å²) in [5.74, 6) is 1.70. The van der Waals surface area contributed by atoms with Crippen molar-refractivity contribution in [3.63, 3.8) is 0 Å². The fraction of sp³-hybridized carbons (Fsp3) is 0.625. The van der Waals surface area contributed by atoms with Crippen molar-refractivity contribution in [3.05, 3.63) is 29.3 Å². The van der Waals surface area contributed by atoms with Crippen LogP contribution in [0, 0.1) is 11.8 Å². The molecule has 0 saturated heterocycles. The van der Waals surface area contributed by atoms with Gasteiger partial charge in [0.05, 0.1) is 22.9 Å². The van der Waals surface area contributed by atoms with Crippen LogP contribution in [-0.4, -0.2) is 17.3 Å². The largest absolute Gasteiger partial charge is 0.394 e. The Morgan fingerprint density at radius 3 is 2.68 bits per heavy atom. The molecule has 1 aromatic carbocycles. The molecule has 0 heterocycles. The van der Waals surface area contributed by atoms with Gasteiger partial charge in [-0.25, -0.2) is 0 Å². The fourth-order valence-electron chi connectivity index (χ4n) is 3.52. The second-order valence-corrected chi connectivity index (χ2v) is 6.64. The van der Waals surface area contributed by atoms with Gasteiger partial charge in [0.15, 0.2) is 0 Å². The zero-order valence-corrected chi connectivity index (χ0v) is 12.0. The van der Waals surface area contributed by atoms with E-state index in [0.717, 1.165) is 35.4 Å². The van der Waals surface area contributed by atoms with Crippen LogP contribution in [-0.2, 0) is 0 Å². The summed E-state index contributed by atoms with van der Waals surface area (Å²) < 4.78 is 0. The highest BCUT2D eigenvalue weighted by Gasteiger charge is 2.41. The van der Waals surface area contributed by atoms with Crippen LogP contribution in [0.2, 0.25) is 5.02 Å². The third-order valence-electron chi connectivity index (χ3n) is 4.75. The van der Waals surface area contributed by atoms with Crippen LogP contribution in [0.3, 0.4) is 0 Å². The van der Waals surface area contributed by atoms with Gasteiger partial charge in [0, 0.05) is 0 Å². The van der Waals surface area contributed by atoms with Crippen molar-refractivity contribution in [2.75, 3.05) is 11.9 Å². The first-order valence-electron chi connectivity index (χ1n) is 7.36. The maximum atomic E-state index is 9.91. The van der Waals surface area contributed by atoms with E-state index in [-0.39, 0.29) is 12.1 Å². The van der Waals surface area contributed by atoms with Gasteiger partial charge in [-0.1, -0.05) is 36.6 Å². The number of anilines is 1. The lowest BCUT2D eigenvalue weighted by atomic mass is 9.74. The summed E-state index contributed by atoms with van der Waals surface area (Å²) in [7, 11) is 0. The summed E-state index contributed by atoms with van der Waals surface area (Å²) in [5, 5.41) is 14.2. The number of aliphatic hydroxyl groups is 1. The van der Waals surface area contributed by atoms with E-state index in [1.54, 1.807) is 0 Å². The molecule has 2 aliphatic rings. The quantitative estimate of drug-likeness (QED) is 0.870. The van der Waals surface area contributed by atoms with Crippen molar-refractivity contribution < 1.29 is 5.11 Å². The maximum Gasteiger partial charge on any atom is 0.0661 e. The highest BCUT2D eigenvalue weighted by molar-refractivity contribution is 6.33. The van der Waals surface area contributed by atoms with E-state index in [1.807, 2.05) is 24.3 Å². The smallest absolute Gasteiger partial charge is 0.0661 e. The van der Waals surface area contributed by atoms with Gasteiger partial charge in [-0.15, -0.1) is 0 Å². The summed E-state index contributed by atoms with van der Waals surface area (Å²) in [6.07, 6.45) is 7.43. The Morgan fingerprint density at radius 1 is 1.21 bits per heavy atom.